The van der Waals surface area contributed by atoms with E-state index in [0.29, 0.717) is 13.0 Å². The molecule has 0 saturated carbocycles. The molecule has 0 spiro atoms. The first-order chi connectivity index (χ1) is 13.2. The Morgan fingerprint density at radius 2 is 1.89 bits per heavy atom. The predicted molar refractivity (Wildman–Crippen MR) is 109 cm³/mol. The van der Waals surface area contributed by atoms with Crippen LogP contribution in [0.1, 0.15) is 24.5 Å². The van der Waals surface area contributed by atoms with E-state index >= 15 is 0 Å². The van der Waals surface area contributed by atoms with E-state index in [1.165, 1.54) is 0 Å². The first-order valence-corrected chi connectivity index (χ1v) is 9.62. The molecule has 3 rings (SSSR count). The Kier molecular flexibility index (Phi) is 6.85. The third kappa shape index (κ3) is 5.31. The third-order valence-electron chi connectivity index (χ3n) is 4.95. The number of carbonyl (C=O) groups excluding carboxylic acids is 1. The summed E-state index contributed by atoms with van der Waals surface area (Å²) in [4.78, 5) is 16.6. The molecular formula is C22H29N3O2. The first-order valence-electron chi connectivity index (χ1n) is 9.62. The van der Waals surface area contributed by atoms with Crippen molar-refractivity contribution in [1.82, 2.24) is 10.2 Å². The smallest absolute Gasteiger partial charge is 0.228 e. The zero-order valence-corrected chi connectivity index (χ0v) is 16.2. The van der Waals surface area contributed by atoms with Gasteiger partial charge in [-0.05, 0) is 38.3 Å². The number of amides is 1. The van der Waals surface area contributed by atoms with Crippen LogP contribution in [0.4, 0.5) is 5.69 Å². The summed E-state index contributed by atoms with van der Waals surface area (Å²) >= 11 is 0. The standard InChI is InChI=1S/C22H29N3O2/c1-23-13-11-21(18-7-4-3-5-8-18)27-20-10-6-9-19(17-20)25-16-15-24(2)14-12-22(25)26/h3-10,17,21,23H,11-16H2,1-2H3/t21-/m0/s1. The van der Waals surface area contributed by atoms with Gasteiger partial charge in [0, 0.05) is 44.2 Å². The van der Waals surface area contributed by atoms with Gasteiger partial charge in [0.05, 0.1) is 0 Å². The quantitative estimate of drug-likeness (QED) is 0.817. The van der Waals surface area contributed by atoms with Crippen LogP contribution in [0.2, 0.25) is 0 Å². The average molecular weight is 367 g/mol. The molecule has 1 N–H and O–H groups in total. The molecule has 1 saturated heterocycles. The highest BCUT2D eigenvalue weighted by molar-refractivity contribution is 5.93. The summed E-state index contributed by atoms with van der Waals surface area (Å²) in [6.07, 6.45) is 1.40. The maximum atomic E-state index is 12.5. The monoisotopic (exact) mass is 367 g/mol. The molecule has 0 aromatic heterocycles. The van der Waals surface area contributed by atoms with E-state index in [-0.39, 0.29) is 12.0 Å². The van der Waals surface area contributed by atoms with Gasteiger partial charge in [0.25, 0.3) is 0 Å². The van der Waals surface area contributed by atoms with E-state index < -0.39 is 0 Å². The van der Waals surface area contributed by atoms with Crippen LogP contribution in [-0.2, 0) is 4.79 Å². The largest absolute Gasteiger partial charge is 0.486 e. The van der Waals surface area contributed by atoms with Gasteiger partial charge in [-0.1, -0.05) is 36.4 Å². The number of hydrogen-bond donors (Lipinski definition) is 1. The second-order valence-electron chi connectivity index (χ2n) is 7.01. The summed E-state index contributed by atoms with van der Waals surface area (Å²) in [7, 11) is 4.01. The fourth-order valence-corrected chi connectivity index (χ4v) is 3.33. The highest BCUT2D eigenvalue weighted by Crippen LogP contribution is 2.28. The molecule has 27 heavy (non-hydrogen) atoms. The molecule has 144 valence electrons. The number of nitrogens with one attached hydrogen (secondary N) is 1. The normalized spacial score (nSPS) is 16.8. The van der Waals surface area contributed by atoms with E-state index in [1.807, 2.05) is 54.4 Å². The minimum atomic E-state index is -0.0279. The number of nitrogens with zero attached hydrogens (tertiary/aromatic N) is 2. The minimum absolute atomic E-state index is 0.0279. The fourth-order valence-electron chi connectivity index (χ4n) is 3.33. The number of anilines is 1. The lowest BCUT2D eigenvalue weighted by Gasteiger charge is -2.23. The summed E-state index contributed by atoms with van der Waals surface area (Å²) in [5.41, 5.74) is 2.07. The molecule has 1 aliphatic rings. The molecule has 0 unspecified atom stereocenters. The van der Waals surface area contributed by atoms with Crippen molar-refractivity contribution in [3.05, 3.63) is 60.2 Å². The van der Waals surface area contributed by atoms with Crippen LogP contribution in [0.5, 0.6) is 5.75 Å². The number of rotatable bonds is 7. The van der Waals surface area contributed by atoms with Crippen molar-refractivity contribution in [1.29, 1.82) is 0 Å². The van der Waals surface area contributed by atoms with E-state index in [4.69, 9.17) is 4.74 Å². The van der Waals surface area contributed by atoms with Crippen LogP contribution in [0.15, 0.2) is 54.6 Å². The van der Waals surface area contributed by atoms with Gasteiger partial charge in [-0.2, -0.15) is 0 Å². The molecule has 5 nitrogen and oxygen atoms in total. The SMILES string of the molecule is CNCC[C@H](Oc1cccc(N2CCN(C)CCC2=O)c1)c1ccccc1. The Bertz CT molecular complexity index is 735. The maximum Gasteiger partial charge on any atom is 0.228 e. The lowest BCUT2D eigenvalue weighted by molar-refractivity contribution is -0.118. The van der Waals surface area contributed by atoms with Crippen molar-refractivity contribution in [3.8, 4) is 5.75 Å². The Balaban J connectivity index is 1.78. The topological polar surface area (TPSA) is 44.8 Å². The van der Waals surface area contributed by atoms with E-state index in [2.05, 4.69) is 29.4 Å². The van der Waals surface area contributed by atoms with Gasteiger partial charge in [-0.15, -0.1) is 0 Å². The molecular weight excluding hydrogens is 338 g/mol. The molecule has 1 amide bonds. The summed E-state index contributed by atoms with van der Waals surface area (Å²) in [6, 6.07) is 18.2. The molecule has 0 radical (unpaired) electrons. The zero-order valence-electron chi connectivity index (χ0n) is 16.2. The second kappa shape index (κ2) is 9.53. The summed E-state index contributed by atoms with van der Waals surface area (Å²) in [5.74, 6) is 0.967. The molecule has 1 fully saturated rings. The van der Waals surface area contributed by atoms with Crippen molar-refractivity contribution < 1.29 is 9.53 Å². The first kappa shape index (κ1) is 19.4. The summed E-state index contributed by atoms with van der Waals surface area (Å²) in [5, 5.41) is 3.20. The highest BCUT2D eigenvalue weighted by atomic mass is 16.5. The number of likely N-dealkylation sites (N-methyl/N-ethyl adjacent to an activating group) is 1. The molecule has 0 bridgehead atoms. The van der Waals surface area contributed by atoms with Crippen LogP contribution < -0.4 is 15.0 Å². The van der Waals surface area contributed by atoms with Gasteiger partial charge in [-0.25, -0.2) is 0 Å². The number of carbonyl (C=O) groups is 1. The van der Waals surface area contributed by atoms with Crippen LogP contribution in [0.3, 0.4) is 0 Å². The Morgan fingerprint density at radius 1 is 1.07 bits per heavy atom. The Hall–Kier alpha value is -2.37. The van der Waals surface area contributed by atoms with E-state index in [1.54, 1.807) is 0 Å². The Morgan fingerprint density at radius 3 is 2.67 bits per heavy atom. The van der Waals surface area contributed by atoms with Crippen molar-refractivity contribution in [2.75, 3.05) is 45.2 Å². The molecule has 1 atom stereocenters. The lowest BCUT2D eigenvalue weighted by Crippen LogP contribution is -2.32. The highest BCUT2D eigenvalue weighted by Gasteiger charge is 2.21. The predicted octanol–water partition coefficient (Wildman–Crippen LogP) is 3.08. The summed E-state index contributed by atoms with van der Waals surface area (Å²) in [6.45, 7) is 3.27. The minimum Gasteiger partial charge on any atom is -0.486 e. The molecule has 1 aliphatic heterocycles. The molecule has 2 aromatic carbocycles. The summed E-state index contributed by atoms with van der Waals surface area (Å²) < 4.78 is 6.33. The lowest BCUT2D eigenvalue weighted by atomic mass is 10.1. The average Bonchev–Trinajstić information content (AvgIpc) is 2.87. The van der Waals surface area contributed by atoms with Gasteiger partial charge < -0.3 is 19.9 Å². The van der Waals surface area contributed by atoms with Crippen molar-refractivity contribution >= 4 is 11.6 Å². The van der Waals surface area contributed by atoms with E-state index in [9.17, 15) is 4.79 Å². The maximum absolute atomic E-state index is 12.5. The van der Waals surface area contributed by atoms with Gasteiger partial charge in [0.1, 0.15) is 11.9 Å². The van der Waals surface area contributed by atoms with Crippen LogP contribution in [0.25, 0.3) is 0 Å². The van der Waals surface area contributed by atoms with Gasteiger partial charge in [-0.3, -0.25) is 4.79 Å². The van der Waals surface area contributed by atoms with Gasteiger partial charge in [0.15, 0.2) is 0 Å². The molecule has 2 aromatic rings. The Labute approximate surface area is 161 Å². The van der Waals surface area contributed by atoms with Crippen LogP contribution in [0, 0.1) is 0 Å². The zero-order chi connectivity index (χ0) is 19.1. The number of ether oxygens (including phenoxy) is 1. The fraction of sp³-hybridized carbons (Fsp3) is 0.409. The second-order valence-corrected chi connectivity index (χ2v) is 7.01. The van der Waals surface area contributed by atoms with Gasteiger partial charge in [0.2, 0.25) is 5.91 Å². The third-order valence-corrected chi connectivity index (χ3v) is 4.95. The van der Waals surface area contributed by atoms with Crippen LogP contribution >= 0.6 is 0 Å². The van der Waals surface area contributed by atoms with Gasteiger partial charge >= 0.3 is 0 Å². The van der Waals surface area contributed by atoms with E-state index in [0.717, 1.165) is 43.1 Å². The van der Waals surface area contributed by atoms with Crippen LogP contribution in [-0.4, -0.2) is 51.1 Å². The van der Waals surface area contributed by atoms with Crippen molar-refractivity contribution in [2.45, 2.75) is 18.9 Å². The van der Waals surface area contributed by atoms with Crippen molar-refractivity contribution in [2.24, 2.45) is 0 Å². The molecule has 5 heteroatoms. The number of hydrogen-bond acceptors (Lipinski definition) is 4. The number of benzene rings is 2. The molecule has 1 heterocycles. The van der Waals surface area contributed by atoms with Crippen molar-refractivity contribution in [3.63, 3.8) is 0 Å². The molecule has 0 aliphatic carbocycles.